The molecule has 10 aromatic rings. The first kappa shape index (κ1) is 28.5. The van der Waals surface area contributed by atoms with E-state index < -0.39 is 12.4 Å². The van der Waals surface area contributed by atoms with Crippen LogP contribution in [-0.4, -0.2) is 14.1 Å². The van der Waals surface area contributed by atoms with E-state index in [0.717, 1.165) is 72.2 Å². The van der Waals surface area contributed by atoms with Crippen LogP contribution in [0.2, 0.25) is 0 Å². The molecule has 0 saturated heterocycles. The number of nitrogens with zero attached hydrogens (tertiary/aromatic N) is 4. The van der Waals surface area contributed by atoms with Crippen molar-refractivity contribution < 1.29 is 8.68 Å². The molecular formula is C50H37N4+. The van der Waals surface area contributed by atoms with E-state index >= 15 is 0 Å². The van der Waals surface area contributed by atoms with E-state index in [1.54, 1.807) is 6.33 Å². The fourth-order valence-electron chi connectivity index (χ4n) is 8.38. The van der Waals surface area contributed by atoms with Gasteiger partial charge in [-0.25, -0.2) is 9.55 Å². The maximum Gasteiger partial charge on any atom is 0.249 e. The van der Waals surface area contributed by atoms with Crippen molar-refractivity contribution in [2.24, 2.45) is 6.98 Å². The highest BCUT2D eigenvalue weighted by molar-refractivity contribution is 6.09. The lowest BCUT2D eigenvalue weighted by Gasteiger charge is -2.37. The molecule has 10 rings (SSSR count). The van der Waals surface area contributed by atoms with Gasteiger partial charge in [0.25, 0.3) is 0 Å². The quantitative estimate of drug-likeness (QED) is 0.120. The number of hydrogen-bond donors (Lipinski definition) is 0. The summed E-state index contributed by atoms with van der Waals surface area (Å²) in [5.74, 6) is 0.841. The van der Waals surface area contributed by atoms with E-state index in [1.807, 2.05) is 47.2 Å². The van der Waals surface area contributed by atoms with Crippen LogP contribution in [0.15, 0.2) is 207 Å². The smallest absolute Gasteiger partial charge is 0.249 e. The van der Waals surface area contributed by atoms with Gasteiger partial charge in [0.2, 0.25) is 6.33 Å². The molecule has 3 aromatic heterocycles. The number of aryl methyl sites for hydroxylation is 1. The number of rotatable bonds is 7. The van der Waals surface area contributed by atoms with Crippen LogP contribution in [0.25, 0.3) is 55.5 Å². The molecule has 0 unspecified atom stereocenters. The summed E-state index contributed by atoms with van der Waals surface area (Å²) in [5.41, 5.74) is 10.2. The third-order valence-corrected chi connectivity index (χ3v) is 10.8. The summed E-state index contributed by atoms with van der Waals surface area (Å²) in [4.78, 5) is 4.98. The minimum absolute atomic E-state index is 0.642. The molecule has 0 aliphatic rings. The van der Waals surface area contributed by atoms with Gasteiger partial charge >= 0.3 is 0 Å². The SMILES string of the molecule is [2H]C([2H])([2H])[n+]1cn(-c2cccc(C(c3ccccc3)(c3ccccc3)c3ccc4c5ccccc5n(-c5cc(-c6ccccc6)ccn5)c4c3)c2)c2ccccc21. The zero-order valence-corrected chi connectivity index (χ0v) is 29.4. The second-order valence-corrected chi connectivity index (χ2v) is 13.7. The van der Waals surface area contributed by atoms with Gasteiger partial charge in [0, 0.05) is 17.0 Å². The monoisotopic (exact) mass is 696 g/mol. The topological polar surface area (TPSA) is 26.6 Å². The summed E-state index contributed by atoms with van der Waals surface area (Å²) in [6.07, 6.45) is 3.59. The lowest BCUT2D eigenvalue weighted by atomic mass is 9.65. The molecule has 7 aromatic carbocycles. The van der Waals surface area contributed by atoms with Crippen LogP contribution in [0.5, 0.6) is 0 Å². The number of fused-ring (bicyclic) bond motifs is 4. The van der Waals surface area contributed by atoms with Gasteiger partial charge in [-0.15, -0.1) is 0 Å². The second-order valence-electron chi connectivity index (χ2n) is 13.7. The van der Waals surface area contributed by atoms with Crippen molar-refractivity contribution in [3.63, 3.8) is 0 Å². The highest BCUT2D eigenvalue weighted by atomic mass is 15.1. The van der Waals surface area contributed by atoms with Gasteiger partial charge < -0.3 is 0 Å². The van der Waals surface area contributed by atoms with Gasteiger partial charge in [-0.1, -0.05) is 146 Å². The molecule has 0 radical (unpaired) electrons. The molecule has 4 heteroatoms. The highest BCUT2D eigenvalue weighted by Gasteiger charge is 2.39. The molecule has 4 nitrogen and oxygen atoms in total. The molecule has 256 valence electrons. The highest BCUT2D eigenvalue weighted by Crippen LogP contribution is 2.47. The fourth-order valence-corrected chi connectivity index (χ4v) is 8.38. The molecule has 0 saturated carbocycles. The summed E-state index contributed by atoms with van der Waals surface area (Å²) in [7, 11) is 0. The third kappa shape index (κ3) is 4.99. The van der Waals surface area contributed by atoms with Crippen molar-refractivity contribution in [3.05, 3.63) is 229 Å². The summed E-state index contributed by atoms with van der Waals surface area (Å²) in [5, 5.41) is 2.29. The van der Waals surface area contributed by atoms with E-state index in [0.29, 0.717) is 5.52 Å². The van der Waals surface area contributed by atoms with Crippen LogP contribution in [0.3, 0.4) is 0 Å². The van der Waals surface area contributed by atoms with Crippen molar-refractivity contribution in [1.29, 1.82) is 0 Å². The van der Waals surface area contributed by atoms with Gasteiger partial charge in [0.1, 0.15) is 11.5 Å². The lowest BCUT2D eigenvalue weighted by molar-refractivity contribution is -0.645. The van der Waals surface area contributed by atoms with Crippen LogP contribution in [-0.2, 0) is 12.4 Å². The molecule has 54 heavy (non-hydrogen) atoms. The zero-order chi connectivity index (χ0) is 38.6. The number of para-hydroxylation sites is 3. The molecule has 0 aliphatic carbocycles. The van der Waals surface area contributed by atoms with Gasteiger partial charge in [-0.05, 0) is 81.9 Å². The number of benzene rings is 7. The molecule has 0 spiro atoms. The molecule has 0 N–H and O–H groups in total. The summed E-state index contributed by atoms with van der Waals surface area (Å²) in [6.45, 7) is -2.34. The van der Waals surface area contributed by atoms with E-state index in [2.05, 4.69) is 162 Å². The van der Waals surface area contributed by atoms with Gasteiger partial charge in [0.05, 0.1) is 27.5 Å². The Kier molecular flexibility index (Phi) is 6.80. The predicted molar refractivity (Wildman–Crippen MR) is 220 cm³/mol. The van der Waals surface area contributed by atoms with Crippen molar-refractivity contribution in [2.45, 2.75) is 5.41 Å². The number of pyridine rings is 1. The van der Waals surface area contributed by atoms with Crippen molar-refractivity contribution in [1.82, 2.24) is 14.1 Å². The lowest BCUT2D eigenvalue weighted by Crippen LogP contribution is -2.31. The zero-order valence-electron chi connectivity index (χ0n) is 32.4. The minimum atomic E-state index is -2.34. The Morgan fingerprint density at radius 2 is 1.13 bits per heavy atom. The Morgan fingerprint density at radius 1 is 0.500 bits per heavy atom. The average Bonchev–Trinajstić information content (AvgIpc) is 3.82. The molecule has 0 bridgehead atoms. The van der Waals surface area contributed by atoms with E-state index in [1.165, 1.54) is 4.57 Å². The third-order valence-electron chi connectivity index (χ3n) is 10.8. The Bertz CT molecular complexity index is 3020. The van der Waals surface area contributed by atoms with Gasteiger partial charge in [0.15, 0.2) is 11.0 Å². The number of imidazole rings is 1. The van der Waals surface area contributed by atoms with E-state index in [-0.39, 0.29) is 0 Å². The van der Waals surface area contributed by atoms with Crippen LogP contribution in [0.1, 0.15) is 26.4 Å². The molecular weight excluding hydrogens is 657 g/mol. The van der Waals surface area contributed by atoms with Crippen LogP contribution >= 0.6 is 0 Å². The second kappa shape index (κ2) is 12.9. The van der Waals surface area contributed by atoms with Crippen LogP contribution in [0.4, 0.5) is 0 Å². The molecule has 0 amide bonds. The molecule has 3 heterocycles. The number of hydrogen-bond acceptors (Lipinski definition) is 1. The minimum Gasteiger partial charge on any atom is -0.294 e. The van der Waals surface area contributed by atoms with Crippen molar-refractivity contribution >= 4 is 32.8 Å². The normalized spacial score (nSPS) is 12.9. The van der Waals surface area contributed by atoms with Crippen LogP contribution in [0, 0.1) is 0 Å². The fraction of sp³-hybridized carbons (Fsp3) is 0.0400. The summed E-state index contributed by atoms with van der Waals surface area (Å²) >= 11 is 0. The predicted octanol–water partition coefficient (Wildman–Crippen LogP) is 11.0. The molecule has 0 atom stereocenters. The largest absolute Gasteiger partial charge is 0.294 e. The first-order chi connectivity index (χ1) is 27.9. The Balaban J connectivity index is 1.27. The Labute approximate surface area is 318 Å². The van der Waals surface area contributed by atoms with Gasteiger partial charge in [-0.3, -0.25) is 4.57 Å². The molecule has 0 aliphatic heterocycles. The Morgan fingerprint density at radius 3 is 1.89 bits per heavy atom. The van der Waals surface area contributed by atoms with E-state index in [9.17, 15) is 0 Å². The standard InChI is InChI=1S/C50H37N4/c1-52-35-53(47-27-14-13-26-46(47)52)42-23-15-22-40(33-42)50(38-18-7-3-8-19-38,39-20-9-4-10-21-39)41-28-29-44-43-24-11-12-25-45(43)54(48(44)34-41)49-32-37(30-31-51-49)36-16-5-2-6-17-36/h2-35H,1H3/q+1/i1D3. The first-order valence-electron chi connectivity index (χ1n) is 19.7. The van der Waals surface area contributed by atoms with Gasteiger partial charge in [-0.2, -0.15) is 4.57 Å². The van der Waals surface area contributed by atoms with Crippen molar-refractivity contribution in [2.75, 3.05) is 0 Å². The summed E-state index contributed by atoms with van der Waals surface area (Å²) in [6, 6.07) is 67.6. The average molecular weight is 697 g/mol. The summed E-state index contributed by atoms with van der Waals surface area (Å²) < 4.78 is 30.6. The first-order valence-corrected chi connectivity index (χ1v) is 18.2. The maximum atomic E-state index is 8.33. The molecule has 0 fully saturated rings. The maximum absolute atomic E-state index is 8.33. The number of aromatic nitrogens is 4. The van der Waals surface area contributed by atoms with Crippen molar-refractivity contribution in [3.8, 4) is 22.6 Å². The van der Waals surface area contributed by atoms with E-state index in [4.69, 9.17) is 9.10 Å². The Hall–Kier alpha value is -7.04. The van der Waals surface area contributed by atoms with Crippen LogP contribution < -0.4 is 4.57 Å².